The summed E-state index contributed by atoms with van der Waals surface area (Å²) in [6, 6.07) is 0. The smallest absolute Gasteiger partial charge is 0.276 e. The molecule has 0 radical (unpaired) electrons. The van der Waals surface area contributed by atoms with Crippen LogP contribution in [0.1, 0.15) is 6.92 Å². The van der Waals surface area contributed by atoms with Gasteiger partial charge in [0.1, 0.15) is 5.69 Å². The van der Waals surface area contributed by atoms with Gasteiger partial charge in [0.25, 0.3) is 5.56 Å². The Balaban J connectivity index is 2.28. The Bertz CT molecular complexity index is 403. The first kappa shape index (κ1) is 9.97. The summed E-state index contributed by atoms with van der Waals surface area (Å²) in [5.74, 6) is 0.550. The van der Waals surface area contributed by atoms with E-state index in [0.717, 1.165) is 0 Å². The quantitative estimate of drug-likeness (QED) is 0.657. The fourth-order valence-corrected chi connectivity index (χ4v) is 1.66. The lowest BCUT2D eigenvalue weighted by atomic mass is 10.3. The normalized spacial score (nSPS) is 21.7. The van der Waals surface area contributed by atoms with E-state index in [-0.39, 0.29) is 17.4 Å². The minimum absolute atomic E-state index is 0.138. The van der Waals surface area contributed by atoms with Crippen molar-refractivity contribution in [1.82, 2.24) is 9.97 Å². The number of hydrogen-bond acceptors (Lipinski definition) is 5. The molecule has 1 saturated heterocycles. The van der Waals surface area contributed by atoms with Gasteiger partial charge >= 0.3 is 0 Å². The molecule has 1 fully saturated rings. The molecule has 6 nitrogen and oxygen atoms in total. The summed E-state index contributed by atoms with van der Waals surface area (Å²) in [6.07, 6.45) is 1.51. The predicted molar refractivity (Wildman–Crippen MR) is 56.9 cm³/mol. The molecule has 15 heavy (non-hydrogen) atoms. The van der Waals surface area contributed by atoms with Crippen LogP contribution in [0.25, 0.3) is 0 Å². The molecule has 1 aromatic rings. The van der Waals surface area contributed by atoms with Crippen LogP contribution in [0.2, 0.25) is 0 Å². The number of nitrogens with two attached hydrogens (primary N) is 1. The van der Waals surface area contributed by atoms with E-state index in [1.54, 1.807) is 0 Å². The molecule has 0 amide bonds. The van der Waals surface area contributed by atoms with Crippen molar-refractivity contribution in [3.8, 4) is 0 Å². The molecule has 0 spiro atoms. The van der Waals surface area contributed by atoms with Crippen molar-refractivity contribution in [1.29, 1.82) is 0 Å². The van der Waals surface area contributed by atoms with Crippen molar-refractivity contribution >= 4 is 11.5 Å². The number of nitrogens with zero attached hydrogens (tertiary/aromatic N) is 2. The summed E-state index contributed by atoms with van der Waals surface area (Å²) in [6.45, 7) is 4.04. The van der Waals surface area contributed by atoms with Crippen molar-refractivity contribution in [2.45, 2.75) is 13.0 Å². The molecular weight excluding hydrogens is 196 g/mol. The van der Waals surface area contributed by atoms with Crippen molar-refractivity contribution in [2.24, 2.45) is 0 Å². The van der Waals surface area contributed by atoms with Gasteiger partial charge in [-0.15, -0.1) is 0 Å². The van der Waals surface area contributed by atoms with Gasteiger partial charge in [0.15, 0.2) is 5.82 Å². The second-order valence-corrected chi connectivity index (χ2v) is 3.60. The number of nitrogen functional groups attached to an aromatic ring is 1. The van der Waals surface area contributed by atoms with Gasteiger partial charge < -0.3 is 20.4 Å². The molecule has 82 valence electrons. The number of anilines is 2. The molecule has 0 bridgehead atoms. The molecule has 1 atom stereocenters. The fourth-order valence-electron chi connectivity index (χ4n) is 1.66. The van der Waals surface area contributed by atoms with Crippen LogP contribution in [-0.2, 0) is 4.74 Å². The fraction of sp³-hybridized carbons (Fsp3) is 0.556. The predicted octanol–water partition coefficient (Wildman–Crippen LogP) is -0.423. The zero-order valence-corrected chi connectivity index (χ0v) is 8.56. The summed E-state index contributed by atoms with van der Waals surface area (Å²) in [5.41, 5.74) is 5.55. The highest BCUT2D eigenvalue weighted by molar-refractivity contribution is 5.61. The maximum atomic E-state index is 11.3. The maximum Gasteiger partial charge on any atom is 0.276 e. The largest absolute Gasteiger partial charge is 0.391 e. The lowest BCUT2D eigenvalue weighted by Gasteiger charge is -2.32. The van der Waals surface area contributed by atoms with Gasteiger partial charge in [0.2, 0.25) is 0 Å². The first-order valence-corrected chi connectivity index (χ1v) is 4.88. The number of aromatic amines is 1. The topological polar surface area (TPSA) is 84.2 Å². The summed E-state index contributed by atoms with van der Waals surface area (Å²) in [4.78, 5) is 19.8. The molecule has 1 aromatic heterocycles. The minimum atomic E-state index is -0.292. The van der Waals surface area contributed by atoms with Crippen LogP contribution in [0.5, 0.6) is 0 Å². The van der Waals surface area contributed by atoms with Gasteiger partial charge in [-0.2, -0.15) is 0 Å². The Kier molecular flexibility index (Phi) is 2.59. The third kappa shape index (κ3) is 1.94. The highest BCUT2D eigenvalue weighted by Gasteiger charge is 2.20. The molecule has 6 heteroatoms. The molecule has 1 unspecified atom stereocenters. The van der Waals surface area contributed by atoms with Crippen molar-refractivity contribution in [2.75, 3.05) is 30.3 Å². The third-order valence-corrected chi connectivity index (χ3v) is 2.41. The van der Waals surface area contributed by atoms with Gasteiger partial charge in [-0.25, -0.2) is 4.98 Å². The number of rotatable bonds is 1. The Morgan fingerprint density at radius 3 is 3.27 bits per heavy atom. The van der Waals surface area contributed by atoms with Crippen molar-refractivity contribution < 1.29 is 4.74 Å². The highest BCUT2D eigenvalue weighted by Crippen LogP contribution is 2.17. The first-order chi connectivity index (χ1) is 7.18. The Morgan fingerprint density at radius 1 is 1.73 bits per heavy atom. The molecule has 0 saturated carbocycles. The SMILES string of the molecule is CC1CN(c2nc[nH]c(=O)c2N)CCO1. The Hall–Kier alpha value is -1.56. The summed E-state index contributed by atoms with van der Waals surface area (Å²) in [5, 5.41) is 0. The van der Waals surface area contributed by atoms with E-state index in [1.165, 1.54) is 6.33 Å². The first-order valence-electron chi connectivity index (χ1n) is 4.88. The number of morpholine rings is 1. The molecule has 1 aliphatic heterocycles. The number of aromatic nitrogens is 2. The molecule has 0 aliphatic carbocycles. The van der Waals surface area contributed by atoms with Gasteiger partial charge in [-0.3, -0.25) is 4.79 Å². The molecular formula is C9H14N4O2. The average molecular weight is 210 g/mol. The summed E-state index contributed by atoms with van der Waals surface area (Å²) in [7, 11) is 0. The zero-order chi connectivity index (χ0) is 10.8. The van der Waals surface area contributed by atoms with Crippen LogP contribution in [0.15, 0.2) is 11.1 Å². The lowest BCUT2D eigenvalue weighted by Crippen LogP contribution is -2.42. The van der Waals surface area contributed by atoms with E-state index in [1.807, 2.05) is 11.8 Å². The number of ether oxygens (including phenoxy) is 1. The van der Waals surface area contributed by atoms with Crippen LogP contribution in [0.3, 0.4) is 0 Å². The van der Waals surface area contributed by atoms with Gasteiger partial charge in [0, 0.05) is 13.1 Å². The third-order valence-electron chi connectivity index (χ3n) is 2.41. The van der Waals surface area contributed by atoms with E-state index in [2.05, 4.69) is 9.97 Å². The lowest BCUT2D eigenvalue weighted by molar-refractivity contribution is 0.0530. The second kappa shape index (κ2) is 3.90. The molecule has 2 heterocycles. The van der Waals surface area contributed by atoms with E-state index in [9.17, 15) is 4.79 Å². The monoisotopic (exact) mass is 210 g/mol. The highest BCUT2D eigenvalue weighted by atomic mass is 16.5. The van der Waals surface area contributed by atoms with Gasteiger partial charge in [0.05, 0.1) is 19.0 Å². The van der Waals surface area contributed by atoms with Crippen LogP contribution in [-0.4, -0.2) is 35.8 Å². The van der Waals surface area contributed by atoms with E-state index in [4.69, 9.17) is 10.5 Å². The maximum absolute atomic E-state index is 11.3. The summed E-state index contributed by atoms with van der Waals surface area (Å²) >= 11 is 0. The van der Waals surface area contributed by atoms with Crippen molar-refractivity contribution in [3.63, 3.8) is 0 Å². The molecule has 0 aromatic carbocycles. The number of hydrogen-bond donors (Lipinski definition) is 2. The average Bonchev–Trinajstić information content (AvgIpc) is 2.22. The van der Waals surface area contributed by atoms with E-state index >= 15 is 0 Å². The molecule has 3 N–H and O–H groups in total. The minimum Gasteiger partial charge on any atom is -0.391 e. The van der Waals surface area contributed by atoms with E-state index < -0.39 is 0 Å². The van der Waals surface area contributed by atoms with Gasteiger partial charge in [-0.1, -0.05) is 0 Å². The van der Waals surface area contributed by atoms with Gasteiger partial charge in [-0.05, 0) is 6.92 Å². The Labute approximate surface area is 87.1 Å². The molecule has 1 aliphatic rings. The zero-order valence-electron chi connectivity index (χ0n) is 8.56. The van der Waals surface area contributed by atoms with Crippen LogP contribution >= 0.6 is 0 Å². The number of H-pyrrole nitrogens is 1. The molecule has 2 rings (SSSR count). The standard InChI is InChI=1S/C9H14N4O2/c1-6-4-13(2-3-15-6)8-7(10)9(14)12-5-11-8/h5-6H,2-4,10H2,1H3,(H,11,12,14). The van der Waals surface area contributed by atoms with Crippen LogP contribution in [0, 0.1) is 0 Å². The number of nitrogens with one attached hydrogen (secondary N) is 1. The van der Waals surface area contributed by atoms with Crippen LogP contribution in [0.4, 0.5) is 11.5 Å². The van der Waals surface area contributed by atoms with Crippen molar-refractivity contribution in [3.05, 3.63) is 16.7 Å². The summed E-state index contributed by atoms with van der Waals surface area (Å²) < 4.78 is 5.40. The Morgan fingerprint density at radius 2 is 2.53 bits per heavy atom. The van der Waals surface area contributed by atoms with Crippen LogP contribution < -0.4 is 16.2 Å². The van der Waals surface area contributed by atoms with E-state index in [0.29, 0.717) is 25.5 Å². The second-order valence-electron chi connectivity index (χ2n) is 3.60.